The average Bonchev–Trinajstić information content (AvgIpc) is 2.70. The summed E-state index contributed by atoms with van der Waals surface area (Å²) in [5.74, 6) is 2.56. The summed E-state index contributed by atoms with van der Waals surface area (Å²) in [5, 5.41) is 3.77. The van der Waals surface area contributed by atoms with Crippen LogP contribution in [-0.4, -0.2) is 7.05 Å². The van der Waals surface area contributed by atoms with Crippen LogP contribution in [0.4, 0.5) is 0 Å². The fourth-order valence-corrected chi connectivity index (χ4v) is 1.81. The number of ether oxygens (including phenoxy) is 1. The van der Waals surface area contributed by atoms with Crippen LogP contribution in [0, 0.1) is 6.92 Å². The van der Waals surface area contributed by atoms with Crippen molar-refractivity contribution in [1.82, 2.24) is 5.32 Å². The third-order valence-corrected chi connectivity index (χ3v) is 2.86. The predicted octanol–water partition coefficient (Wildman–Crippen LogP) is 3.54. The molecule has 1 aromatic carbocycles. The Morgan fingerprint density at radius 3 is 2.67 bits per heavy atom. The van der Waals surface area contributed by atoms with Crippen LogP contribution in [0.15, 0.2) is 34.7 Å². The lowest BCUT2D eigenvalue weighted by atomic mass is 10.2. The van der Waals surface area contributed by atoms with E-state index >= 15 is 0 Å². The van der Waals surface area contributed by atoms with E-state index < -0.39 is 0 Å². The van der Waals surface area contributed by atoms with E-state index in [-0.39, 0.29) is 0 Å². The number of nitrogens with one attached hydrogen (secondary N) is 1. The first-order valence-electron chi connectivity index (χ1n) is 5.80. The maximum Gasteiger partial charge on any atom is 0.146 e. The van der Waals surface area contributed by atoms with Gasteiger partial charge in [0.1, 0.15) is 23.9 Å². The Bertz CT molecular complexity index is 505. The zero-order valence-electron chi connectivity index (χ0n) is 10.5. The summed E-state index contributed by atoms with van der Waals surface area (Å²) in [6.45, 7) is 3.18. The van der Waals surface area contributed by atoms with Gasteiger partial charge in [-0.15, -0.1) is 0 Å². The summed E-state index contributed by atoms with van der Waals surface area (Å²) >= 11 is 5.81. The maximum absolute atomic E-state index is 5.81. The van der Waals surface area contributed by atoms with E-state index in [1.54, 1.807) is 12.1 Å². The molecule has 1 aromatic heterocycles. The molecule has 96 valence electrons. The van der Waals surface area contributed by atoms with E-state index in [0.29, 0.717) is 11.6 Å². The molecule has 0 aliphatic rings. The average molecular weight is 266 g/mol. The van der Waals surface area contributed by atoms with E-state index in [0.717, 1.165) is 29.4 Å². The lowest BCUT2D eigenvalue weighted by Gasteiger charge is -2.03. The monoisotopic (exact) mass is 265 g/mol. The standard InChI is InChI=1S/C14H16ClNO2/c1-10-7-13(18-14(10)8-16-2)9-17-12-5-3-11(15)4-6-12/h3-7,16H,8-9H2,1-2H3. The second-order valence-electron chi connectivity index (χ2n) is 4.09. The quantitative estimate of drug-likeness (QED) is 0.898. The van der Waals surface area contributed by atoms with E-state index in [9.17, 15) is 0 Å². The van der Waals surface area contributed by atoms with Gasteiger partial charge in [-0.3, -0.25) is 0 Å². The van der Waals surface area contributed by atoms with E-state index in [1.807, 2.05) is 32.2 Å². The smallest absolute Gasteiger partial charge is 0.146 e. The zero-order chi connectivity index (χ0) is 13.0. The van der Waals surface area contributed by atoms with Crippen molar-refractivity contribution in [3.8, 4) is 5.75 Å². The van der Waals surface area contributed by atoms with E-state index in [4.69, 9.17) is 20.8 Å². The van der Waals surface area contributed by atoms with Crippen molar-refractivity contribution in [2.24, 2.45) is 0 Å². The molecule has 3 nitrogen and oxygen atoms in total. The minimum Gasteiger partial charge on any atom is -0.486 e. The molecule has 0 bridgehead atoms. The summed E-state index contributed by atoms with van der Waals surface area (Å²) in [6.07, 6.45) is 0. The molecule has 0 radical (unpaired) electrons. The van der Waals surface area contributed by atoms with Crippen molar-refractivity contribution in [1.29, 1.82) is 0 Å². The Labute approximate surface area is 112 Å². The lowest BCUT2D eigenvalue weighted by molar-refractivity contribution is 0.265. The van der Waals surface area contributed by atoms with Crippen molar-refractivity contribution in [3.05, 3.63) is 52.4 Å². The van der Waals surface area contributed by atoms with Gasteiger partial charge in [0.05, 0.1) is 6.54 Å². The Balaban J connectivity index is 1.97. The fraction of sp³-hybridized carbons (Fsp3) is 0.286. The fourth-order valence-electron chi connectivity index (χ4n) is 1.68. The number of hydrogen-bond acceptors (Lipinski definition) is 3. The number of halogens is 1. The molecule has 1 N–H and O–H groups in total. The van der Waals surface area contributed by atoms with Crippen LogP contribution in [0.1, 0.15) is 17.1 Å². The summed E-state index contributed by atoms with van der Waals surface area (Å²) < 4.78 is 11.3. The second kappa shape index (κ2) is 5.94. The third-order valence-electron chi connectivity index (χ3n) is 2.60. The van der Waals surface area contributed by atoms with Gasteiger partial charge in [-0.2, -0.15) is 0 Å². The van der Waals surface area contributed by atoms with Gasteiger partial charge >= 0.3 is 0 Å². The van der Waals surface area contributed by atoms with Crippen molar-refractivity contribution < 1.29 is 9.15 Å². The number of rotatable bonds is 5. The number of aryl methyl sites for hydroxylation is 1. The van der Waals surface area contributed by atoms with Crippen LogP contribution >= 0.6 is 11.6 Å². The number of hydrogen-bond donors (Lipinski definition) is 1. The predicted molar refractivity (Wildman–Crippen MR) is 72.0 cm³/mol. The highest BCUT2D eigenvalue weighted by molar-refractivity contribution is 6.30. The summed E-state index contributed by atoms with van der Waals surface area (Å²) in [7, 11) is 1.89. The molecule has 0 amide bonds. The minimum absolute atomic E-state index is 0.423. The number of benzene rings is 1. The zero-order valence-corrected chi connectivity index (χ0v) is 11.3. The topological polar surface area (TPSA) is 34.4 Å². The Kier molecular flexibility index (Phi) is 4.28. The van der Waals surface area contributed by atoms with Crippen molar-refractivity contribution in [3.63, 3.8) is 0 Å². The summed E-state index contributed by atoms with van der Waals surface area (Å²) in [5.41, 5.74) is 1.14. The molecule has 18 heavy (non-hydrogen) atoms. The Morgan fingerprint density at radius 1 is 1.28 bits per heavy atom. The molecule has 0 aliphatic carbocycles. The lowest BCUT2D eigenvalue weighted by Crippen LogP contribution is -2.04. The molecule has 2 aromatic rings. The SMILES string of the molecule is CNCc1oc(COc2ccc(Cl)cc2)cc1C. The van der Waals surface area contributed by atoms with Gasteiger partial charge in [-0.25, -0.2) is 0 Å². The molecule has 0 saturated carbocycles. The van der Waals surface area contributed by atoms with Gasteiger partial charge in [-0.05, 0) is 49.9 Å². The molecule has 2 rings (SSSR count). The van der Waals surface area contributed by atoms with E-state index in [1.165, 1.54) is 0 Å². The van der Waals surface area contributed by atoms with Crippen LogP contribution in [0.2, 0.25) is 5.02 Å². The Morgan fingerprint density at radius 2 is 2.00 bits per heavy atom. The third kappa shape index (κ3) is 3.28. The van der Waals surface area contributed by atoms with Gasteiger partial charge < -0.3 is 14.5 Å². The molecule has 0 spiro atoms. The van der Waals surface area contributed by atoms with Crippen LogP contribution in [-0.2, 0) is 13.2 Å². The largest absolute Gasteiger partial charge is 0.486 e. The number of furan rings is 1. The molecule has 0 aliphatic heterocycles. The maximum atomic E-state index is 5.81. The Hall–Kier alpha value is -1.45. The van der Waals surface area contributed by atoms with Crippen LogP contribution in [0.5, 0.6) is 5.75 Å². The van der Waals surface area contributed by atoms with Gasteiger partial charge in [0.15, 0.2) is 0 Å². The normalized spacial score (nSPS) is 10.6. The molecule has 1 heterocycles. The molecular weight excluding hydrogens is 250 g/mol. The molecular formula is C14H16ClNO2. The summed E-state index contributed by atoms with van der Waals surface area (Å²) in [6, 6.07) is 9.29. The van der Waals surface area contributed by atoms with Gasteiger partial charge in [0.2, 0.25) is 0 Å². The first kappa shape index (κ1) is 13.0. The van der Waals surface area contributed by atoms with Gasteiger partial charge in [-0.1, -0.05) is 11.6 Å². The highest BCUT2D eigenvalue weighted by atomic mass is 35.5. The van der Waals surface area contributed by atoms with Crippen LogP contribution in [0.25, 0.3) is 0 Å². The van der Waals surface area contributed by atoms with Gasteiger partial charge in [0.25, 0.3) is 0 Å². The van der Waals surface area contributed by atoms with Crippen LogP contribution in [0.3, 0.4) is 0 Å². The molecule has 4 heteroatoms. The minimum atomic E-state index is 0.423. The van der Waals surface area contributed by atoms with E-state index in [2.05, 4.69) is 5.32 Å². The first-order valence-corrected chi connectivity index (χ1v) is 6.18. The highest BCUT2D eigenvalue weighted by Crippen LogP contribution is 2.19. The molecule has 0 fully saturated rings. The van der Waals surface area contributed by atoms with Crippen LogP contribution < -0.4 is 10.1 Å². The summed E-state index contributed by atoms with van der Waals surface area (Å²) in [4.78, 5) is 0. The highest BCUT2D eigenvalue weighted by Gasteiger charge is 2.07. The molecule has 0 saturated heterocycles. The van der Waals surface area contributed by atoms with Crippen molar-refractivity contribution >= 4 is 11.6 Å². The second-order valence-corrected chi connectivity index (χ2v) is 4.53. The molecule has 0 unspecified atom stereocenters. The van der Waals surface area contributed by atoms with Crippen molar-refractivity contribution in [2.45, 2.75) is 20.1 Å². The van der Waals surface area contributed by atoms with Gasteiger partial charge in [0, 0.05) is 5.02 Å². The molecule has 0 atom stereocenters. The first-order chi connectivity index (χ1) is 8.69. The van der Waals surface area contributed by atoms with Crippen molar-refractivity contribution in [2.75, 3.05) is 7.05 Å².